The van der Waals surface area contributed by atoms with E-state index in [1.54, 1.807) is 18.2 Å². The lowest BCUT2D eigenvalue weighted by molar-refractivity contribution is -0.127. The van der Waals surface area contributed by atoms with Gasteiger partial charge in [0, 0.05) is 29.8 Å². The molecule has 0 aliphatic carbocycles. The molecule has 1 aromatic heterocycles. The number of hydrogen-bond acceptors (Lipinski definition) is 4. The summed E-state index contributed by atoms with van der Waals surface area (Å²) in [6.07, 6.45) is 5.31. The number of carbonyl (C=O) groups excluding carboxylic acids is 1. The lowest BCUT2D eigenvalue weighted by Crippen LogP contribution is -2.38. The Morgan fingerprint density at radius 2 is 1.93 bits per heavy atom. The van der Waals surface area contributed by atoms with E-state index in [1.165, 1.54) is 0 Å². The molecule has 1 atom stereocenters. The van der Waals surface area contributed by atoms with E-state index in [0.717, 1.165) is 30.5 Å². The molecule has 1 aliphatic rings. The summed E-state index contributed by atoms with van der Waals surface area (Å²) in [6.45, 7) is 1.33. The van der Waals surface area contributed by atoms with Gasteiger partial charge in [-0.05, 0) is 48.7 Å². The quantitative estimate of drug-likeness (QED) is 0.597. The van der Waals surface area contributed by atoms with Crippen molar-refractivity contribution in [2.24, 2.45) is 0 Å². The van der Waals surface area contributed by atoms with Crippen LogP contribution in [0.2, 0.25) is 5.02 Å². The monoisotopic (exact) mass is 393 g/mol. The minimum Gasteiger partial charge on any atom is -0.339 e. The lowest BCUT2D eigenvalue weighted by atomic mass is 9.98. The van der Waals surface area contributed by atoms with E-state index >= 15 is 0 Å². The van der Waals surface area contributed by atoms with Crippen LogP contribution in [0.4, 0.5) is 0 Å². The van der Waals surface area contributed by atoms with Gasteiger partial charge in [-0.15, -0.1) is 0 Å². The lowest BCUT2D eigenvalue weighted by Gasteiger charge is -2.30. The fraction of sp³-hybridized carbons (Fsp3) is 0.227. The normalized spacial score (nSPS) is 17.2. The van der Waals surface area contributed by atoms with Crippen molar-refractivity contribution in [1.29, 1.82) is 0 Å². The molecular weight excluding hydrogens is 374 g/mol. The van der Waals surface area contributed by atoms with Crippen molar-refractivity contribution in [3.05, 3.63) is 77.2 Å². The highest BCUT2D eigenvalue weighted by Crippen LogP contribution is 2.28. The van der Waals surface area contributed by atoms with Gasteiger partial charge in [-0.2, -0.15) is 4.98 Å². The average molecular weight is 394 g/mol. The predicted octanol–water partition coefficient (Wildman–Crippen LogP) is 4.81. The first kappa shape index (κ1) is 18.4. The summed E-state index contributed by atoms with van der Waals surface area (Å²) >= 11 is 5.93. The Labute approximate surface area is 168 Å². The van der Waals surface area contributed by atoms with Crippen LogP contribution >= 0.6 is 11.6 Å². The number of likely N-dealkylation sites (tertiary alicyclic amines) is 1. The standard InChI is InChI=1S/C22H20ClN3O2/c23-19-11-9-17(10-12-19)21-24-22(28-25-21)18-7-4-14-26(15-18)20(27)13-8-16-5-2-1-3-6-16/h1-3,5-6,8-13,18H,4,7,14-15H2. The molecule has 28 heavy (non-hydrogen) atoms. The van der Waals surface area contributed by atoms with Crippen LogP contribution in [0.25, 0.3) is 17.5 Å². The van der Waals surface area contributed by atoms with E-state index in [2.05, 4.69) is 10.1 Å². The number of nitrogens with zero attached hydrogens (tertiary/aromatic N) is 3. The summed E-state index contributed by atoms with van der Waals surface area (Å²) in [5.74, 6) is 1.18. The van der Waals surface area contributed by atoms with Crippen molar-refractivity contribution in [2.45, 2.75) is 18.8 Å². The molecule has 1 aliphatic heterocycles. The van der Waals surface area contributed by atoms with Gasteiger partial charge in [0.2, 0.25) is 17.6 Å². The molecule has 0 saturated carbocycles. The first-order valence-corrected chi connectivity index (χ1v) is 9.68. The molecule has 2 heterocycles. The van der Waals surface area contributed by atoms with Gasteiger partial charge < -0.3 is 9.42 Å². The number of rotatable bonds is 4. The second kappa shape index (κ2) is 8.40. The van der Waals surface area contributed by atoms with Crippen LogP contribution in [0.1, 0.15) is 30.2 Å². The Morgan fingerprint density at radius 3 is 2.71 bits per heavy atom. The van der Waals surface area contributed by atoms with E-state index in [4.69, 9.17) is 16.1 Å². The van der Waals surface area contributed by atoms with E-state index in [0.29, 0.717) is 23.3 Å². The smallest absolute Gasteiger partial charge is 0.246 e. The van der Waals surface area contributed by atoms with Crippen molar-refractivity contribution in [3.63, 3.8) is 0 Å². The maximum absolute atomic E-state index is 12.6. The van der Waals surface area contributed by atoms with Crippen LogP contribution in [0.15, 0.2) is 65.2 Å². The van der Waals surface area contributed by atoms with Gasteiger partial charge in [-0.1, -0.05) is 47.1 Å². The summed E-state index contributed by atoms with van der Waals surface area (Å²) in [6, 6.07) is 17.1. The molecule has 2 aromatic carbocycles. The third-order valence-corrected chi connectivity index (χ3v) is 5.10. The number of aromatic nitrogens is 2. The zero-order valence-corrected chi connectivity index (χ0v) is 16.0. The molecule has 1 unspecified atom stereocenters. The van der Waals surface area contributed by atoms with Crippen LogP contribution in [-0.4, -0.2) is 34.0 Å². The van der Waals surface area contributed by atoms with Crippen LogP contribution in [0.5, 0.6) is 0 Å². The molecule has 3 aromatic rings. The molecule has 5 nitrogen and oxygen atoms in total. The van der Waals surface area contributed by atoms with Gasteiger partial charge in [-0.3, -0.25) is 4.79 Å². The summed E-state index contributed by atoms with van der Waals surface area (Å²) in [7, 11) is 0. The van der Waals surface area contributed by atoms with E-state index in [-0.39, 0.29) is 11.8 Å². The molecular formula is C22H20ClN3O2. The van der Waals surface area contributed by atoms with Gasteiger partial charge >= 0.3 is 0 Å². The van der Waals surface area contributed by atoms with Crippen molar-refractivity contribution in [3.8, 4) is 11.4 Å². The van der Waals surface area contributed by atoms with Gasteiger partial charge in [0.1, 0.15) is 0 Å². The third kappa shape index (κ3) is 4.31. The number of amides is 1. The van der Waals surface area contributed by atoms with Gasteiger partial charge in [0.25, 0.3) is 0 Å². The average Bonchev–Trinajstić information content (AvgIpc) is 3.24. The van der Waals surface area contributed by atoms with Gasteiger partial charge in [0.15, 0.2) is 0 Å². The maximum Gasteiger partial charge on any atom is 0.246 e. The number of carbonyl (C=O) groups is 1. The number of hydrogen-bond donors (Lipinski definition) is 0. The molecule has 1 fully saturated rings. The maximum atomic E-state index is 12.6. The second-order valence-electron chi connectivity index (χ2n) is 6.83. The van der Waals surface area contributed by atoms with Crippen molar-refractivity contribution >= 4 is 23.6 Å². The summed E-state index contributed by atoms with van der Waals surface area (Å²) in [5, 5.41) is 4.75. The fourth-order valence-corrected chi connectivity index (χ4v) is 3.46. The van der Waals surface area contributed by atoms with E-state index in [9.17, 15) is 4.79 Å². The van der Waals surface area contributed by atoms with Crippen LogP contribution in [0, 0.1) is 0 Å². The molecule has 0 bridgehead atoms. The van der Waals surface area contributed by atoms with Crippen molar-refractivity contribution < 1.29 is 9.32 Å². The summed E-state index contributed by atoms with van der Waals surface area (Å²) in [4.78, 5) is 19.0. The summed E-state index contributed by atoms with van der Waals surface area (Å²) in [5.41, 5.74) is 1.86. The molecule has 4 rings (SSSR count). The SMILES string of the molecule is O=C(C=Cc1ccccc1)N1CCCC(c2nc(-c3ccc(Cl)cc3)no2)C1. The van der Waals surface area contributed by atoms with E-state index < -0.39 is 0 Å². The second-order valence-corrected chi connectivity index (χ2v) is 7.27. The third-order valence-electron chi connectivity index (χ3n) is 4.84. The molecule has 0 radical (unpaired) electrons. The summed E-state index contributed by atoms with van der Waals surface area (Å²) < 4.78 is 5.50. The predicted molar refractivity (Wildman–Crippen MR) is 109 cm³/mol. The van der Waals surface area contributed by atoms with Crippen LogP contribution < -0.4 is 0 Å². The zero-order chi connectivity index (χ0) is 19.3. The first-order chi connectivity index (χ1) is 13.7. The highest BCUT2D eigenvalue weighted by atomic mass is 35.5. The van der Waals surface area contributed by atoms with Gasteiger partial charge in [0.05, 0.1) is 5.92 Å². The Kier molecular flexibility index (Phi) is 5.53. The highest BCUT2D eigenvalue weighted by Gasteiger charge is 2.28. The Morgan fingerprint density at radius 1 is 1.14 bits per heavy atom. The Bertz CT molecular complexity index is 967. The Hall–Kier alpha value is -2.92. The molecule has 0 N–H and O–H groups in total. The van der Waals surface area contributed by atoms with Gasteiger partial charge in [-0.25, -0.2) is 0 Å². The fourth-order valence-electron chi connectivity index (χ4n) is 3.33. The zero-order valence-electron chi connectivity index (χ0n) is 15.3. The minimum absolute atomic E-state index is 0.00555. The number of benzene rings is 2. The number of piperidine rings is 1. The molecule has 0 spiro atoms. The first-order valence-electron chi connectivity index (χ1n) is 9.30. The van der Waals surface area contributed by atoms with Crippen LogP contribution in [0.3, 0.4) is 0 Å². The topological polar surface area (TPSA) is 59.2 Å². The molecule has 1 saturated heterocycles. The minimum atomic E-state index is 0.00555. The molecule has 142 valence electrons. The largest absolute Gasteiger partial charge is 0.339 e. The highest BCUT2D eigenvalue weighted by molar-refractivity contribution is 6.30. The Balaban J connectivity index is 1.43. The molecule has 1 amide bonds. The van der Waals surface area contributed by atoms with Crippen molar-refractivity contribution in [1.82, 2.24) is 15.0 Å². The number of halogens is 1. The van der Waals surface area contributed by atoms with Crippen LogP contribution in [-0.2, 0) is 4.79 Å². The molecule has 6 heteroatoms. The van der Waals surface area contributed by atoms with Crippen molar-refractivity contribution in [2.75, 3.05) is 13.1 Å². The van der Waals surface area contributed by atoms with E-state index in [1.807, 2.05) is 53.4 Å².